The van der Waals surface area contributed by atoms with Crippen LogP contribution in [0.15, 0.2) is 42.7 Å². The molecule has 2 heterocycles. The van der Waals surface area contributed by atoms with E-state index in [9.17, 15) is 9.90 Å². The summed E-state index contributed by atoms with van der Waals surface area (Å²) in [5, 5.41) is 10.3. The van der Waals surface area contributed by atoms with Gasteiger partial charge in [0, 0.05) is 37.0 Å². The lowest BCUT2D eigenvalue weighted by Gasteiger charge is -2.37. The van der Waals surface area contributed by atoms with Gasteiger partial charge in [-0.2, -0.15) is 0 Å². The number of carbonyl (C=O) groups excluding carboxylic acids is 1. The molecule has 1 fully saturated rings. The monoisotopic (exact) mass is 366 g/mol. The molecule has 1 atom stereocenters. The number of aromatic nitrogens is 2. The van der Waals surface area contributed by atoms with Crippen molar-refractivity contribution in [1.82, 2.24) is 14.9 Å². The average Bonchev–Trinajstić information content (AvgIpc) is 2.71. The predicted octanol–water partition coefficient (Wildman–Crippen LogP) is 1.28. The van der Waals surface area contributed by atoms with Crippen molar-refractivity contribution in [3.63, 3.8) is 0 Å². The van der Waals surface area contributed by atoms with Gasteiger partial charge >= 0.3 is 0 Å². The summed E-state index contributed by atoms with van der Waals surface area (Å²) in [6.45, 7) is 3.78. The predicted molar refractivity (Wildman–Crippen MR) is 101 cm³/mol. The molecule has 1 amide bonds. The zero-order chi connectivity index (χ0) is 19.1. The molecular weight excluding hydrogens is 344 g/mol. The van der Waals surface area contributed by atoms with Crippen LogP contribution in [0.25, 0.3) is 0 Å². The fourth-order valence-corrected chi connectivity index (χ4v) is 2.68. The Morgan fingerprint density at radius 2 is 2.00 bits per heavy atom. The van der Waals surface area contributed by atoms with Crippen LogP contribution in [0.4, 0.5) is 5.95 Å². The minimum atomic E-state index is -0.859. The average molecular weight is 366 g/mol. The van der Waals surface area contributed by atoms with Crippen LogP contribution in [0.2, 0.25) is 0 Å². The Morgan fingerprint density at radius 3 is 2.67 bits per heavy atom. The number of aliphatic hydroxyl groups excluding tert-OH is 1. The van der Waals surface area contributed by atoms with Gasteiger partial charge in [0.1, 0.15) is 12.0 Å². The van der Waals surface area contributed by atoms with Crippen molar-refractivity contribution < 1.29 is 14.6 Å². The molecule has 3 rings (SSSR count). The fourth-order valence-electron chi connectivity index (χ4n) is 2.68. The maximum Gasteiger partial charge on any atom is 0.299 e. The van der Waals surface area contributed by atoms with Crippen LogP contribution in [0, 0.1) is 11.8 Å². The van der Waals surface area contributed by atoms with Gasteiger partial charge in [0.2, 0.25) is 5.95 Å². The van der Waals surface area contributed by atoms with Crippen LogP contribution in [0.3, 0.4) is 0 Å². The molecule has 1 aromatic carbocycles. The van der Waals surface area contributed by atoms with Crippen LogP contribution < -0.4 is 9.64 Å². The fraction of sp³-hybridized carbons (Fsp3) is 0.350. The first-order valence-corrected chi connectivity index (χ1v) is 8.93. The molecule has 1 N–H and O–H groups in total. The number of carbonyl (C=O) groups is 1. The summed E-state index contributed by atoms with van der Waals surface area (Å²) in [5.41, 5.74) is 0.740. The number of hydrogen-bond acceptors (Lipinski definition) is 6. The van der Waals surface area contributed by atoms with Gasteiger partial charge in [-0.3, -0.25) is 4.79 Å². The van der Waals surface area contributed by atoms with Crippen LogP contribution in [-0.2, 0) is 4.79 Å². The van der Waals surface area contributed by atoms with E-state index < -0.39 is 6.23 Å². The third kappa shape index (κ3) is 4.96. The normalized spacial score (nSPS) is 16.4. The van der Waals surface area contributed by atoms with Gasteiger partial charge in [-0.1, -0.05) is 12.8 Å². The Bertz CT molecular complexity index is 815. The van der Waals surface area contributed by atoms with Crippen LogP contribution in [0.5, 0.6) is 5.75 Å². The van der Waals surface area contributed by atoms with Crippen molar-refractivity contribution in [2.45, 2.75) is 19.6 Å². The molecule has 1 saturated heterocycles. The van der Waals surface area contributed by atoms with Crippen LogP contribution >= 0.6 is 0 Å². The number of rotatable bonds is 4. The van der Waals surface area contributed by atoms with E-state index in [1.807, 2.05) is 24.3 Å². The number of ether oxygens (including phenoxy) is 1. The minimum absolute atomic E-state index is 0.162. The summed E-state index contributed by atoms with van der Waals surface area (Å²) in [4.78, 5) is 23.8. The van der Waals surface area contributed by atoms with Gasteiger partial charge in [-0.05, 0) is 36.8 Å². The third-order valence-corrected chi connectivity index (χ3v) is 4.09. The molecule has 0 radical (unpaired) electrons. The maximum absolute atomic E-state index is 12.3. The quantitative estimate of drug-likeness (QED) is 0.822. The standard InChI is InChI=1S/C20H22N4O3/c1-2-14-27-17-7-4-16(5-8-17)6-9-18(25)23-12-13-24(19(26)15-23)20-21-10-3-11-22-20/h3-5,7-8,10-11,19,26H,2,12-15H2,1H3. The summed E-state index contributed by atoms with van der Waals surface area (Å²) in [5.74, 6) is 6.44. The van der Waals surface area contributed by atoms with Gasteiger partial charge in [-0.25, -0.2) is 9.97 Å². The van der Waals surface area contributed by atoms with Crippen molar-refractivity contribution in [1.29, 1.82) is 0 Å². The first-order valence-electron chi connectivity index (χ1n) is 8.93. The molecule has 27 heavy (non-hydrogen) atoms. The van der Waals surface area contributed by atoms with Gasteiger partial charge < -0.3 is 19.6 Å². The van der Waals surface area contributed by atoms with E-state index in [1.54, 1.807) is 23.4 Å². The van der Waals surface area contributed by atoms with Crippen molar-refractivity contribution in [3.05, 3.63) is 48.3 Å². The summed E-state index contributed by atoms with van der Waals surface area (Å²) in [6.07, 6.45) is 3.33. The highest BCUT2D eigenvalue weighted by Crippen LogP contribution is 2.14. The summed E-state index contributed by atoms with van der Waals surface area (Å²) >= 11 is 0. The van der Waals surface area contributed by atoms with Gasteiger partial charge in [0.05, 0.1) is 13.2 Å². The molecule has 0 spiro atoms. The Kier molecular flexibility index (Phi) is 6.23. The van der Waals surface area contributed by atoms with Crippen LogP contribution in [0.1, 0.15) is 18.9 Å². The Labute approximate surface area is 158 Å². The van der Waals surface area contributed by atoms with E-state index in [1.165, 1.54) is 4.90 Å². The zero-order valence-electron chi connectivity index (χ0n) is 15.2. The molecule has 1 aliphatic heterocycles. The van der Waals surface area contributed by atoms with Crippen molar-refractivity contribution in [2.75, 3.05) is 31.1 Å². The molecule has 1 aromatic heterocycles. The lowest BCUT2D eigenvalue weighted by molar-refractivity contribution is -0.127. The second-order valence-corrected chi connectivity index (χ2v) is 6.10. The second kappa shape index (κ2) is 9.01. The smallest absolute Gasteiger partial charge is 0.299 e. The number of anilines is 1. The molecule has 0 aliphatic carbocycles. The maximum atomic E-state index is 12.3. The first-order chi connectivity index (χ1) is 13.2. The largest absolute Gasteiger partial charge is 0.494 e. The Hall–Kier alpha value is -3.11. The topological polar surface area (TPSA) is 78.8 Å². The summed E-state index contributed by atoms with van der Waals surface area (Å²) < 4.78 is 5.52. The van der Waals surface area contributed by atoms with Gasteiger partial charge in [0.15, 0.2) is 0 Å². The molecule has 1 unspecified atom stereocenters. The van der Waals surface area contributed by atoms with Crippen molar-refractivity contribution in [2.24, 2.45) is 0 Å². The minimum Gasteiger partial charge on any atom is -0.494 e. The third-order valence-electron chi connectivity index (χ3n) is 4.09. The second-order valence-electron chi connectivity index (χ2n) is 6.10. The number of nitrogens with zero attached hydrogens (tertiary/aromatic N) is 4. The molecule has 140 valence electrons. The van der Waals surface area contributed by atoms with Gasteiger partial charge in [-0.15, -0.1) is 0 Å². The highest BCUT2D eigenvalue weighted by atomic mass is 16.5. The highest BCUT2D eigenvalue weighted by molar-refractivity contribution is 5.94. The SMILES string of the molecule is CCCOc1ccc(C#CC(=O)N2CCN(c3ncccn3)C(O)C2)cc1. The van der Waals surface area contributed by atoms with E-state index in [0.717, 1.165) is 17.7 Å². The summed E-state index contributed by atoms with van der Waals surface area (Å²) in [6, 6.07) is 9.04. The van der Waals surface area contributed by atoms with E-state index in [2.05, 4.69) is 28.7 Å². The number of hydrogen-bond donors (Lipinski definition) is 1. The lowest BCUT2D eigenvalue weighted by atomic mass is 10.2. The van der Waals surface area contributed by atoms with E-state index in [0.29, 0.717) is 25.6 Å². The number of benzene rings is 1. The van der Waals surface area contributed by atoms with Crippen LogP contribution in [-0.4, -0.2) is 58.4 Å². The number of aliphatic hydroxyl groups is 1. The Morgan fingerprint density at radius 1 is 1.26 bits per heavy atom. The van der Waals surface area contributed by atoms with E-state index >= 15 is 0 Å². The molecule has 0 bridgehead atoms. The van der Waals surface area contributed by atoms with Gasteiger partial charge in [0.25, 0.3) is 5.91 Å². The lowest BCUT2D eigenvalue weighted by Crippen LogP contribution is -2.55. The summed E-state index contributed by atoms with van der Waals surface area (Å²) in [7, 11) is 0. The zero-order valence-corrected chi connectivity index (χ0v) is 15.2. The molecule has 7 heteroatoms. The number of β-amino-alcohol motifs (C(OH)–C–C–N with tert-alkyl or cyclic N) is 1. The molecule has 2 aromatic rings. The molecule has 0 saturated carbocycles. The van der Waals surface area contributed by atoms with E-state index in [4.69, 9.17) is 4.74 Å². The van der Waals surface area contributed by atoms with Crippen molar-refractivity contribution >= 4 is 11.9 Å². The molecule has 1 aliphatic rings. The number of amides is 1. The van der Waals surface area contributed by atoms with Crippen molar-refractivity contribution in [3.8, 4) is 17.6 Å². The first kappa shape index (κ1) is 18.7. The van der Waals surface area contributed by atoms with E-state index in [-0.39, 0.29) is 12.5 Å². The molecule has 7 nitrogen and oxygen atoms in total. The number of piperazine rings is 1. The molecular formula is C20H22N4O3. The Balaban J connectivity index is 1.57. The highest BCUT2D eigenvalue weighted by Gasteiger charge is 2.28.